The van der Waals surface area contributed by atoms with Crippen molar-refractivity contribution in [1.29, 1.82) is 0 Å². The summed E-state index contributed by atoms with van der Waals surface area (Å²) in [5.74, 6) is -0.0526. The minimum Gasteiger partial charge on any atom is -0.332 e. The van der Waals surface area contributed by atoms with Crippen LogP contribution >= 0.6 is 0 Å². The summed E-state index contributed by atoms with van der Waals surface area (Å²) in [5, 5.41) is 11.8. The molecule has 0 aliphatic carbocycles. The van der Waals surface area contributed by atoms with Crippen molar-refractivity contribution >= 4 is 5.91 Å². The first-order valence-corrected chi connectivity index (χ1v) is 5.74. The summed E-state index contributed by atoms with van der Waals surface area (Å²) < 4.78 is 3.19. The minimum absolute atomic E-state index is 0.0526. The Morgan fingerprint density at radius 3 is 2.72 bits per heavy atom. The molecule has 0 aromatic carbocycles. The summed E-state index contributed by atoms with van der Waals surface area (Å²) in [4.78, 5) is 14.0. The van der Waals surface area contributed by atoms with Crippen LogP contribution in [0.2, 0.25) is 0 Å². The van der Waals surface area contributed by atoms with Crippen molar-refractivity contribution in [2.24, 2.45) is 14.1 Å². The molecular formula is C11H16N6O. The zero-order valence-corrected chi connectivity index (χ0v) is 10.7. The van der Waals surface area contributed by atoms with Gasteiger partial charge in [0, 0.05) is 33.0 Å². The third-order valence-corrected chi connectivity index (χ3v) is 2.71. The van der Waals surface area contributed by atoms with Crippen LogP contribution in [0.1, 0.15) is 23.1 Å². The molecule has 0 N–H and O–H groups in total. The average molecular weight is 248 g/mol. The van der Waals surface area contributed by atoms with Crippen molar-refractivity contribution in [2.45, 2.75) is 13.5 Å². The first kappa shape index (κ1) is 12.3. The summed E-state index contributed by atoms with van der Waals surface area (Å²) in [6, 6.07) is 1.71. The molecule has 0 aliphatic heterocycles. The summed E-state index contributed by atoms with van der Waals surface area (Å²) in [6.45, 7) is 3.00. The number of hydrogen-bond donors (Lipinski definition) is 0. The Labute approximate surface area is 105 Å². The number of rotatable bonds is 4. The Balaban J connectivity index is 2.14. The van der Waals surface area contributed by atoms with Gasteiger partial charge in [-0.15, -0.1) is 5.10 Å². The van der Waals surface area contributed by atoms with Crippen molar-refractivity contribution in [3.05, 3.63) is 29.8 Å². The number of carbonyl (C=O) groups excluding carboxylic acids is 1. The van der Waals surface area contributed by atoms with Gasteiger partial charge in [-0.3, -0.25) is 14.2 Å². The summed E-state index contributed by atoms with van der Waals surface area (Å²) in [7, 11) is 3.55. The van der Waals surface area contributed by atoms with Crippen molar-refractivity contribution in [3.8, 4) is 0 Å². The molecular weight excluding hydrogens is 232 g/mol. The molecule has 0 fully saturated rings. The Kier molecular flexibility index (Phi) is 3.40. The van der Waals surface area contributed by atoms with E-state index in [1.807, 2.05) is 6.92 Å². The van der Waals surface area contributed by atoms with Crippen LogP contribution < -0.4 is 0 Å². The van der Waals surface area contributed by atoms with Crippen LogP contribution in [-0.2, 0) is 20.6 Å². The highest BCUT2D eigenvalue weighted by Gasteiger charge is 2.18. The lowest BCUT2D eigenvalue weighted by molar-refractivity contribution is 0.0739. The second-order valence-corrected chi connectivity index (χ2v) is 4.04. The Morgan fingerprint density at radius 2 is 2.22 bits per heavy atom. The van der Waals surface area contributed by atoms with Crippen molar-refractivity contribution in [1.82, 2.24) is 29.7 Å². The Bertz CT molecular complexity index is 543. The number of aryl methyl sites for hydroxylation is 2. The molecule has 0 aliphatic rings. The van der Waals surface area contributed by atoms with Gasteiger partial charge < -0.3 is 4.90 Å². The molecule has 0 radical (unpaired) electrons. The molecule has 1 amide bonds. The second kappa shape index (κ2) is 4.99. The fourth-order valence-corrected chi connectivity index (χ4v) is 1.74. The quantitative estimate of drug-likeness (QED) is 0.775. The Morgan fingerprint density at radius 1 is 1.44 bits per heavy atom. The number of nitrogens with zero attached hydrogens (tertiary/aromatic N) is 6. The molecule has 96 valence electrons. The van der Waals surface area contributed by atoms with Crippen LogP contribution in [0.15, 0.2) is 18.5 Å². The van der Waals surface area contributed by atoms with Crippen LogP contribution in [0.5, 0.6) is 0 Å². The van der Waals surface area contributed by atoms with Crippen molar-refractivity contribution in [2.75, 3.05) is 6.54 Å². The van der Waals surface area contributed by atoms with Crippen LogP contribution in [0.4, 0.5) is 0 Å². The van der Waals surface area contributed by atoms with Gasteiger partial charge in [0.25, 0.3) is 5.91 Å². The maximum absolute atomic E-state index is 12.3. The molecule has 0 saturated heterocycles. The van der Waals surface area contributed by atoms with Crippen molar-refractivity contribution in [3.63, 3.8) is 0 Å². The highest BCUT2D eigenvalue weighted by molar-refractivity contribution is 5.92. The maximum atomic E-state index is 12.3. The maximum Gasteiger partial charge on any atom is 0.272 e. The third kappa shape index (κ3) is 2.39. The molecule has 7 nitrogen and oxygen atoms in total. The smallest absolute Gasteiger partial charge is 0.272 e. The first-order valence-electron chi connectivity index (χ1n) is 5.74. The highest BCUT2D eigenvalue weighted by atomic mass is 16.2. The molecule has 7 heteroatoms. The van der Waals surface area contributed by atoms with Crippen LogP contribution in [0, 0.1) is 0 Å². The number of hydrogen-bond acceptors (Lipinski definition) is 4. The fraction of sp³-hybridized carbons (Fsp3) is 0.455. The zero-order chi connectivity index (χ0) is 13.1. The van der Waals surface area contributed by atoms with E-state index in [9.17, 15) is 4.79 Å². The second-order valence-electron chi connectivity index (χ2n) is 4.04. The van der Waals surface area contributed by atoms with E-state index in [2.05, 4.69) is 15.4 Å². The SMILES string of the molecule is CCN(Cc1cn(C)nn1)C(=O)c1ccnn1C. The highest BCUT2D eigenvalue weighted by Crippen LogP contribution is 2.07. The molecule has 2 rings (SSSR count). The minimum atomic E-state index is -0.0526. The van der Waals surface area contributed by atoms with Gasteiger partial charge in [0.1, 0.15) is 11.4 Å². The van der Waals surface area contributed by atoms with Crippen molar-refractivity contribution < 1.29 is 4.79 Å². The van der Waals surface area contributed by atoms with Gasteiger partial charge in [-0.2, -0.15) is 5.10 Å². The molecule has 2 heterocycles. The lowest BCUT2D eigenvalue weighted by Crippen LogP contribution is -2.31. The van der Waals surface area contributed by atoms with E-state index in [4.69, 9.17) is 0 Å². The molecule has 2 aromatic heterocycles. The molecule has 2 aromatic rings. The average Bonchev–Trinajstić information content (AvgIpc) is 2.94. The van der Waals surface area contributed by atoms with Gasteiger partial charge in [0.15, 0.2) is 0 Å². The van der Waals surface area contributed by atoms with Gasteiger partial charge in [-0.1, -0.05) is 5.21 Å². The van der Waals surface area contributed by atoms with Gasteiger partial charge in [-0.05, 0) is 13.0 Å². The Hall–Kier alpha value is -2.18. The predicted octanol–water partition coefficient (Wildman–Crippen LogP) is 0.211. The summed E-state index contributed by atoms with van der Waals surface area (Å²) in [6.07, 6.45) is 3.42. The molecule has 0 atom stereocenters. The topological polar surface area (TPSA) is 68.8 Å². The summed E-state index contributed by atoms with van der Waals surface area (Å²) in [5.41, 5.74) is 1.34. The largest absolute Gasteiger partial charge is 0.332 e. The predicted molar refractivity (Wildman–Crippen MR) is 64.6 cm³/mol. The molecule has 0 spiro atoms. The molecule has 0 unspecified atom stereocenters. The van der Waals surface area contributed by atoms with Gasteiger partial charge in [0.05, 0.1) is 6.54 Å². The lowest BCUT2D eigenvalue weighted by atomic mass is 10.3. The van der Waals surface area contributed by atoms with E-state index in [-0.39, 0.29) is 5.91 Å². The molecule has 0 bridgehead atoms. The van der Waals surface area contributed by atoms with E-state index in [0.29, 0.717) is 18.8 Å². The monoisotopic (exact) mass is 248 g/mol. The van der Waals surface area contributed by atoms with E-state index in [0.717, 1.165) is 5.69 Å². The van der Waals surface area contributed by atoms with Gasteiger partial charge in [-0.25, -0.2) is 0 Å². The van der Waals surface area contributed by atoms with Crippen LogP contribution in [0.25, 0.3) is 0 Å². The van der Waals surface area contributed by atoms with Gasteiger partial charge in [0.2, 0.25) is 0 Å². The number of amides is 1. The molecule has 18 heavy (non-hydrogen) atoms. The third-order valence-electron chi connectivity index (χ3n) is 2.71. The van der Waals surface area contributed by atoms with E-state index in [1.165, 1.54) is 0 Å². The fourth-order valence-electron chi connectivity index (χ4n) is 1.74. The normalized spacial score (nSPS) is 10.6. The molecule has 0 saturated carbocycles. The van der Waals surface area contributed by atoms with E-state index in [1.54, 1.807) is 46.8 Å². The van der Waals surface area contributed by atoms with Crippen LogP contribution in [0.3, 0.4) is 0 Å². The zero-order valence-electron chi connectivity index (χ0n) is 10.7. The van der Waals surface area contributed by atoms with Crippen LogP contribution in [-0.4, -0.2) is 42.1 Å². The van der Waals surface area contributed by atoms with E-state index < -0.39 is 0 Å². The first-order chi connectivity index (χ1) is 8.61. The van der Waals surface area contributed by atoms with Gasteiger partial charge >= 0.3 is 0 Å². The number of aromatic nitrogens is 5. The van der Waals surface area contributed by atoms with E-state index >= 15 is 0 Å². The lowest BCUT2D eigenvalue weighted by Gasteiger charge is -2.19. The number of carbonyl (C=O) groups is 1. The summed E-state index contributed by atoms with van der Waals surface area (Å²) >= 11 is 0. The standard InChI is InChI=1S/C11H16N6O/c1-4-17(8-9-7-15(2)14-13-9)11(18)10-5-6-12-16(10)3/h5-7H,4,8H2,1-3H3.